The zero-order valence-corrected chi connectivity index (χ0v) is 17.9. The van der Waals surface area contributed by atoms with Gasteiger partial charge in [-0.15, -0.1) is 0 Å². The number of pyridine rings is 1. The molecule has 0 bridgehead atoms. The van der Waals surface area contributed by atoms with Crippen molar-refractivity contribution in [3.8, 4) is 22.4 Å². The van der Waals surface area contributed by atoms with E-state index in [-0.39, 0.29) is 0 Å². The third-order valence-corrected chi connectivity index (χ3v) is 5.02. The van der Waals surface area contributed by atoms with Gasteiger partial charge in [0.05, 0.1) is 0 Å². The summed E-state index contributed by atoms with van der Waals surface area (Å²) in [6.45, 7) is 0.918. The second-order valence-electron chi connectivity index (χ2n) is 7.10. The molecular formula is C25H21BClF4N. The van der Waals surface area contributed by atoms with Crippen LogP contribution in [-0.4, -0.2) is 7.25 Å². The van der Waals surface area contributed by atoms with Crippen LogP contribution in [0.5, 0.6) is 0 Å². The van der Waals surface area contributed by atoms with E-state index in [0.717, 1.165) is 18.0 Å². The monoisotopic (exact) mass is 457 g/mol. The van der Waals surface area contributed by atoms with Crippen LogP contribution in [-0.2, 0) is 13.0 Å². The van der Waals surface area contributed by atoms with Crippen LogP contribution in [0, 0.1) is 0 Å². The summed E-state index contributed by atoms with van der Waals surface area (Å²) in [4.78, 5) is 0. The Labute approximate surface area is 190 Å². The van der Waals surface area contributed by atoms with Crippen LogP contribution in [0.15, 0.2) is 103 Å². The summed E-state index contributed by atoms with van der Waals surface area (Å²) in [6.07, 6.45) is 3.16. The molecule has 0 amide bonds. The van der Waals surface area contributed by atoms with Crippen molar-refractivity contribution in [1.82, 2.24) is 0 Å². The molecule has 3 aromatic carbocycles. The molecule has 0 N–H and O–H groups in total. The number of aromatic nitrogens is 1. The van der Waals surface area contributed by atoms with Gasteiger partial charge in [0.1, 0.15) is 0 Å². The molecule has 4 aromatic rings. The lowest BCUT2D eigenvalue weighted by molar-refractivity contribution is -0.685. The van der Waals surface area contributed by atoms with Gasteiger partial charge in [-0.05, 0) is 41.0 Å². The average Bonchev–Trinajstić information content (AvgIpc) is 2.79. The highest BCUT2D eigenvalue weighted by molar-refractivity contribution is 6.50. The molecule has 0 radical (unpaired) electrons. The fourth-order valence-corrected chi connectivity index (χ4v) is 3.42. The van der Waals surface area contributed by atoms with Gasteiger partial charge in [-0.3, -0.25) is 0 Å². The number of benzene rings is 3. The van der Waals surface area contributed by atoms with Crippen LogP contribution in [0.2, 0.25) is 5.02 Å². The molecule has 164 valence electrons. The number of hydrogen-bond acceptors (Lipinski definition) is 0. The van der Waals surface area contributed by atoms with Gasteiger partial charge in [-0.25, -0.2) is 0 Å². The van der Waals surface area contributed by atoms with E-state index in [1.807, 2.05) is 12.1 Å². The summed E-state index contributed by atoms with van der Waals surface area (Å²) < 4.78 is 41.3. The smallest absolute Gasteiger partial charge is 0.418 e. The molecule has 0 unspecified atom stereocenters. The Morgan fingerprint density at radius 2 is 1.19 bits per heavy atom. The summed E-state index contributed by atoms with van der Waals surface area (Å²) in [7, 11) is -6.00. The highest BCUT2D eigenvalue weighted by Crippen LogP contribution is 2.23. The quantitative estimate of drug-likeness (QED) is 0.166. The summed E-state index contributed by atoms with van der Waals surface area (Å²) in [5, 5.41) is 0.781. The number of nitrogens with zero attached hydrogens (tertiary/aromatic N) is 1. The van der Waals surface area contributed by atoms with E-state index in [2.05, 4.69) is 95.7 Å². The number of aryl methyl sites for hydroxylation is 2. The van der Waals surface area contributed by atoms with Crippen LogP contribution in [0.4, 0.5) is 17.3 Å². The predicted molar refractivity (Wildman–Crippen MR) is 123 cm³/mol. The van der Waals surface area contributed by atoms with Crippen LogP contribution < -0.4 is 4.57 Å². The SMILES string of the molecule is Clc1ccc(CC[n+]2ccc(-c3ccccc3)cc2-c2ccccc2)cc1.F[B-](F)(F)F. The van der Waals surface area contributed by atoms with Gasteiger partial charge in [0.2, 0.25) is 5.69 Å². The van der Waals surface area contributed by atoms with Crippen molar-refractivity contribution in [1.29, 1.82) is 0 Å². The predicted octanol–water partition coefficient (Wildman–Crippen LogP) is 7.50. The molecule has 0 spiro atoms. The van der Waals surface area contributed by atoms with Crippen LogP contribution in [0.25, 0.3) is 22.4 Å². The van der Waals surface area contributed by atoms with Crippen molar-refractivity contribution < 1.29 is 21.8 Å². The van der Waals surface area contributed by atoms with Crippen molar-refractivity contribution in [2.24, 2.45) is 0 Å². The van der Waals surface area contributed by atoms with Crippen LogP contribution in [0.3, 0.4) is 0 Å². The molecular weight excluding hydrogens is 437 g/mol. The molecule has 1 heterocycles. The lowest BCUT2D eigenvalue weighted by atomic mass is 10.0. The summed E-state index contributed by atoms with van der Waals surface area (Å²) in [5.74, 6) is 0. The van der Waals surface area contributed by atoms with E-state index >= 15 is 0 Å². The Morgan fingerprint density at radius 3 is 1.75 bits per heavy atom. The Balaban J connectivity index is 0.000000523. The fourth-order valence-electron chi connectivity index (χ4n) is 3.29. The van der Waals surface area contributed by atoms with Gasteiger partial charge in [-0.2, -0.15) is 4.57 Å². The van der Waals surface area contributed by atoms with Crippen LogP contribution >= 0.6 is 11.6 Å². The van der Waals surface area contributed by atoms with Crippen molar-refractivity contribution in [3.63, 3.8) is 0 Å². The molecule has 0 saturated heterocycles. The zero-order valence-electron chi connectivity index (χ0n) is 17.1. The summed E-state index contributed by atoms with van der Waals surface area (Å²) in [5.41, 5.74) is 6.21. The lowest BCUT2D eigenvalue weighted by Gasteiger charge is -2.08. The summed E-state index contributed by atoms with van der Waals surface area (Å²) >= 11 is 6.00. The molecule has 0 atom stereocenters. The molecule has 0 aliphatic rings. The van der Waals surface area contributed by atoms with Gasteiger partial charge < -0.3 is 17.3 Å². The van der Waals surface area contributed by atoms with Gasteiger partial charge in [0.15, 0.2) is 12.7 Å². The normalized spacial score (nSPS) is 10.9. The fraction of sp³-hybridized carbons (Fsp3) is 0.0800. The molecule has 4 rings (SSSR count). The lowest BCUT2D eigenvalue weighted by Crippen LogP contribution is -2.37. The topological polar surface area (TPSA) is 3.88 Å². The van der Waals surface area contributed by atoms with E-state index in [9.17, 15) is 17.3 Å². The molecule has 1 aromatic heterocycles. The molecule has 0 saturated carbocycles. The van der Waals surface area contributed by atoms with E-state index < -0.39 is 7.25 Å². The van der Waals surface area contributed by atoms with Gasteiger partial charge in [-0.1, -0.05) is 72.3 Å². The maximum atomic E-state index is 9.75. The molecule has 0 aliphatic heterocycles. The summed E-state index contributed by atoms with van der Waals surface area (Å²) in [6, 6.07) is 33.7. The van der Waals surface area contributed by atoms with Gasteiger partial charge >= 0.3 is 7.25 Å². The maximum absolute atomic E-state index is 9.75. The Hall–Kier alpha value is -3.12. The Morgan fingerprint density at radius 1 is 0.656 bits per heavy atom. The van der Waals surface area contributed by atoms with E-state index in [1.54, 1.807) is 0 Å². The van der Waals surface area contributed by atoms with Crippen molar-refractivity contribution >= 4 is 18.9 Å². The zero-order chi connectivity index (χ0) is 23.0. The molecule has 7 heteroatoms. The molecule has 32 heavy (non-hydrogen) atoms. The third-order valence-electron chi connectivity index (χ3n) is 4.77. The highest BCUT2D eigenvalue weighted by Gasteiger charge is 2.20. The van der Waals surface area contributed by atoms with Crippen molar-refractivity contribution in [3.05, 3.63) is 114 Å². The minimum absolute atomic E-state index is 0.781. The van der Waals surface area contributed by atoms with E-state index in [4.69, 9.17) is 11.6 Å². The van der Waals surface area contributed by atoms with Gasteiger partial charge in [0.25, 0.3) is 0 Å². The minimum atomic E-state index is -6.00. The molecule has 0 aliphatic carbocycles. The highest BCUT2D eigenvalue weighted by atomic mass is 35.5. The Kier molecular flexibility index (Phi) is 8.06. The van der Waals surface area contributed by atoms with E-state index in [1.165, 1.54) is 27.9 Å². The maximum Gasteiger partial charge on any atom is 0.673 e. The number of rotatable bonds is 5. The van der Waals surface area contributed by atoms with E-state index in [0.29, 0.717) is 0 Å². The standard InChI is InChI=1S/C25H21ClN.BF4/c26-24-13-11-20(12-14-24)15-17-27-18-16-23(21-7-3-1-4-8-21)19-25(27)22-9-5-2-6-10-22;2-1(3,4)5/h1-14,16,18-19H,15,17H2;/q+1;-1. The number of halogens is 5. The first kappa shape index (κ1) is 23.5. The second kappa shape index (κ2) is 11.0. The minimum Gasteiger partial charge on any atom is -0.418 e. The first-order valence-corrected chi connectivity index (χ1v) is 10.4. The van der Waals surface area contributed by atoms with Crippen molar-refractivity contribution in [2.75, 3.05) is 0 Å². The third kappa shape index (κ3) is 7.54. The second-order valence-corrected chi connectivity index (χ2v) is 7.53. The number of hydrogen-bond donors (Lipinski definition) is 0. The first-order valence-electron chi connectivity index (χ1n) is 10.1. The Bertz CT molecular complexity index is 1110. The average molecular weight is 458 g/mol. The van der Waals surface area contributed by atoms with Gasteiger partial charge in [0, 0.05) is 29.1 Å². The first-order chi connectivity index (χ1) is 15.3. The van der Waals surface area contributed by atoms with Crippen molar-refractivity contribution in [2.45, 2.75) is 13.0 Å². The largest absolute Gasteiger partial charge is 0.673 e. The molecule has 0 fully saturated rings. The van der Waals surface area contributed by atoms with Crippen LogP contribution in [0.1, 0.15) is 5.56 Å². The molecule has 1 nitrogen and oxygen atoms in total.